The smallest absolute Gasteiger partial charge is 0.332 e. The largest absolute Gasteiger partial charge is 0.380 e. The van der Waals surface area contributed by atoms with E-state index in [4.69, 9.17) is 5.11 Å². The van der Waals surface area contributed by atoms with E-state index in [2.05, 4.69) is 20.9 Å². The molecule has 3 nitrogen and oxygen atoms in total. The van der Waals surface area contributed by atoms with E-state index in [9.17, 15) is 8.78 Å². The number of aryl methyl sites for hydroxylation is 1. The van der Waals surface area contributed by atoms with Crippen LogP contribution in [0.2, 0.25) is 0 Å². The average molecular weight is 241 g/mol. The van der Waals surface area contributed by atoms with E-state index in [0.717, 1.165) is 0 Å². The number of imidazole rings is 1. The zero-order chi connectivity index (χ0) is 9.35. The van der Waals surface area contributed by atoms with Crippen LogP contribution in [0.3, 0.4) is 0 Å². The maximum absolute atomic E-state index is 12.5. The first kappa shape index (κ1) is 9.60. The molecular formula is C6H7BrF2N2O. The van der Waals surface area contributed by atoms with Crippen LogP contribution in [0.4, 0.5) is 8.78 Å². The maximum Gasteiger partial charge on any atom is 0.332 e. The second kappa shape index (κ2) is 3.10. The van der Waals surface area contributed by atoms with Crippen LogP contribution in [0.5, 0.6) is 0 Å². The lowest BCUT2D eigenvalue weighted by molar-refractivity contribution is -0.0331. The Morgan fingerprint density at radius 2 is 2.33 bits per heavy atom. The summed E-state index contributed by atoms with van der Waals surface area (Å²) in [5, 5.41) is 9.07. The molecule has 0 aromatic carbocycles. The zero-order valence-electron chi connectivity index (χ0n) is 6.21. The summed E-state index contributed by atoms with van der Waals surface area (Å²) in [5.41, 5.74) is 0.0666. The molecule has 1 rings (SSSR count). The number of hydrogen-bond donors (Lipinski definition) is 1. The van der Waals surface area contributed by atoms with Crippen molar-refractivity contribution in [2.75, 3.05) is 0 Å². The zero-order valence-corrected chi connectivity index (χ0v) is 7.79. The molecule has 0 saturated carbocycles. The molecule has 6 heteroatoms. The Labute approximate surface area is 76.2 Å². The predicted molar refractivity (Wildman–Crippen MR) is 42.0 cm³/mol. The van der Waals surface area contributed by atoms with Gasteiger partial charge in [0.1, 0.15) is 0 Å². The van der Waals surface area contributed by atoms with Gasteiger partial charge in [0.2, 0.25) is 0 Å². The van der Waals surface area contributed by atoms with E-state index in [1.807, 2.05) is 0 Å². The van der Waals surface area contributed by atoms with Gasteiger partial charge in [-0.1, -0.05) is 0 Å². The third kappa shape index (κ3) is 1.81. The standard InChI is InChI=1S/C6H7BrF2N2O/c1-11-3-10-2-4(11)5(12)6(7,8)9/h2-3,5,12H,1H3. The number of aromatic nitrogens is 2. The Morgan fingerprint density at radius 1 is 1.75 bits per heavy atom. The fourth-order valence-electron chi connectivity index (χ4n) is 0.799. The molecule has 0 fully saturated rings. The quantitative estimate of drug-likeness (QED) is 0.795. The van der Waals surface area contributed by atoms with Gasteiger partial charge in [-0.2, -0.15) is 8.78 Å². The first-order valence-corrected chi connectivity index (χ1v) is 3.93. The Morgan fingerprint density at radius 3 is 2.67 bits per heavy atom. The van der Waals surface area contributed by atoms with Gasteiger partial charge < -0.3 is 9.67 Å². The molecule has 0 radical (unpaired) electrons. The van der Waals surface area contributed by atoms with Gasteiger partial charge in [-0.05, 0) is 15.9 Å². The molecular weight excluding hydrogens is 234 g/mol. The molecule has 12 heavy (non-hydrogen) atoms. The first-order chi connectivity index (χ1) is 5.43. The highest BCUT2D eigenvalue weighted by atomic mass is 79.9. The van der Waals surface area contributed by atoms with Gasteiger partial charge in [-0.15, -0.1) is 0 Å². The third-order valence-corrected chi connectivity index (χ3v) is 1.88. The molecule has 1 N–H and O–H groups in total. The molecule has 1 aromatic rings. The fraction of sp³-hybridized carbons (Fsp3) is 0.500. The molecule has 68 valence electrons. The van der Waals surface area contributed by atoms with Crippen LogP contribution in [-0.2, 0) is 7.05 Å². The van der Waals surface area contributed by atoms with Gasteiger partial charge in [0.15, 0.2) is 6.10 Å². The predicted octanol–water partition coefficient (Wildman–Crippen LogP) is 1.44. The number of alkyl halides is 3. The molecule has 0 spiro atoms. The Kier molecular flexibility index (Phi) is 2.48. The van der Waals surface area contributed by atoms with Crippen molar-refractivity contribution in [2.45, 2.75) is 10.9 Å². The van der Waals surface area contributed by atoms with Crippen molar-refractivity contribution in [3.8, 4) is 0 Å². The minimum absolute atomic E-state index is 0.0666. The van der Waals surface area contributed by atoms with E-state index in [1.54, 1.807) is 0 Å². The number of aliphatic hydroxyl groups is 1. The van der Waals surface area contributed by atoms with Gasteiger partial charge in [-0.3, -0.25) is 0 Å². The van der Waals surface area contributed by atoms with Crippen molar-refractivity contribution in [1.29, 1.82) is 0 Å². The van der Waals surface area contributed by atoms with E-state index >= 15 is 0 Å². The number of halogens is 3. The topological polar surface area (TPSA) is 38.0 Å². The average Bonchev–Trinajstić information content (AvgIpc) is 2.31. The highest BCUT2D eigenvalue weighted by molar-refractivity contribution is 9.10. The van der Waals surface area contributed by atoms with Crippen LogP contribution in [0.25, 0.3) is 0 Å². The van der Waals surface area contributed by atoms with E-state index in [1.165, 1.54) is 24.1 Å². The highest BCUT2D eigenvalue weighted by Crippen LogP contribution is 2.35. The number of rotatable bonds is 2. The van der Waals surface area contributed by atoms with Crippen LogP contribution in [-0.4, -0.2) is 19.5 Å². The summed E-state index contributed by atoms with van der Waals surface area (Å²) in [6.45, 7) is 0. The van der Waals surface area contributed by atoms with Gasteiger partial charge in [0, 0.05) is 7.05 Å². The molecule has 1 atom stereocenters. The molecule has 1 heterocycles. The van der Waals surface area contributed by atoms with Crippen LogP contribution >= 0.6 is 15.9 Å². The summed E-state index contributed by atoms with van der Waals surface area (Å²) in [6, 6.07) is 0. The lowest BCUT2D eigenvalue weighted by atomic mass is 10.3. The van der Waals surface area contributed by atoms with Crippen molar-refractivity contribution in [3.05, 3.63) is 18.2 Å². The van der Waals surface area contributed by atoms with Crippen molar-refractivity contribution < 1.29 is 13.9 Å². The lowest BCUT2D eigenvalue weighted by Crippen LogP contribution is -2.20. The molecule has 0 aliphatic carbocycles. The van der Waals surface area contributed by atoms with Crippen molar-refractivity contribution in [2.24, 2.45) is 7.05 Å². The molecule has 0 saturated heterocycles. The Balaban J connectivity index is 2.92. The van der Waals surface area contributed by atoms with Crippen LogP contribution in [0, 0.1) is 0 Å². The monoisotopic (exact) mass is 240 g/mol. The summed E-state index contributed by atoms with van der Waals surface area (Å²) < 4.78 is 26.3. The molecule has 1 aromatic heterocycles. The summed E-state index contributed by atoms with van der Waals surface area (Å²) in [5.74, 6) is 0. The number of nitrogens with zero attached hydrogens (tertiary/aromatic N) is 2. The van der Waals surface area contributed by atoms with Crippen molar-refractivity contribution in [1.82, 2.24) is 9.55 Å². The van der Waals surface area contributed by atoms with Gasteiger partial charge >= 0.3 is 4.83 Å². The molecule has 0 aliphatic heterocycles. The summed E-state index contributed by atoms with van der Waals surface area (Å²) in [7, 11) is 1.53. The fourth-order valence-corrected chi connectivity index (χ4v) is 1.03. The summed E-state index contributed by atoms with van der Waals surface area (Å²) in [4.78, 5) is 0.286. The number of aliphatic hydroxyl groups excluding tert-OH is 1. The van der Waals surface area contributed by atoms with Gasteiger partial charge in [0.25, 0.3) is 0 Å². The maximum atomic E-state index is 12.5. The second-order valence-corrected chi connectivity index (χ2v) is 3.43. The summed E-state index contributed by atoms with van der Waals surface area (Å²) in [6.07, 6.45) is 0.668. The Hall–Kier alpha value is -0.490. The second-order valence-electron chi connectivity index (χ2n) is 2.37. The van der Waals surface area contributed by atoms with Crippen molar-refractivity contribution in [3.63, 3.8) is 0 Å². The van der Waals surface area contributed by atoms with Crippen LogP contribution in [0.1, 0.15) is 11.8 Å². The lowest BCUT2D eigenvalue weighted by Gasteiger charge is -2.16. The molecule has 0 amide bonds. The van der Waals surface area contributed by atoms with E-state index < -0.39 is 10.9 Å². The van der Waals surface area contributed by atoms with E-state index in [-0.39, 0.29) is 5.69 Å². The normalized spacial score (nSPS) is 14.8. The number of hydrogen-bond acceptors (Lipinski definition) is 2. The minimum atomic E-state index is -3.32. The van der Waals surface area contributed by atoms with Crippen LogP contribution in [0.15, 0.2) is 12.5 Å². The summed E-state index contributed by atoms with van der Waals surface area (Å²) >= 11 is 2.08. The third-order valence-electron chi connectivity index (χ3n) is 1.44. The van der Waals surface area contributed by atoms with Gasteiger partial charge in [-0.25, -0.2) is 4.98 Å². The minimum Gasteiger partial charge on any atom is -0.380 e. The van der Waals surface area contributed by atoms with Gasteiger partial charge in [0.05, 0.1) is 18.2 Å². The van der Waals surface area contributed by atoms with E-state index in [0.29, 0.717) is 0 Å². The molecule has 0 bridgehead atoms. The van der Waals surface area contributed by atoms with Crippen molar-refractivity contribution >= 4 is 15.9 Å². The SMILES string of the molecule is Cn1cncc1C(O)C(F)(F)Br. The highest BCUT2D eigenvalue weighted by Gasteiger charge is 2.37. The Bertz CT molecular complexity index is 271. The van der Waals surface area contributed by atoms with Crippen LogP contribution < -0.4 is 0 Å². The molecule has 0 aliphatic rings. The molecule has 1 unspecified atom stereocenters. The first-order valence-electron chi connectivity index (χ1n) is 3.14.